The fraction of sp³-hybridized carbons (Fsp3) is 0.158. The number of benzene rings is 3. The van der Waals surface area contributed by atoms with Crippen LogP contribution >= 0.6 is 0 Å². The number of nitrogens with one attached hydrogen (secondary N) is 1. The van der Waals surface area contributed by atoms with Crippen molar-refractivity contribution in [1.29, 1.82) is 0 Å². The highest BCUT2D eigenvalue weighted by atomic mass is 32.2. The van der Waals surface area contributed by atoms with E-state index in [-0.39, 0.29) is 11.5 Å². The van der Waals surface area contributed by atoms with Gasteiger partial charge in [0.15, 0.2) is 0 Å². The van der Waals surface area contributed by atoms with E-state index < -0.39 is 16.1 Å². The van der Waals surface area contributed by atoms with Crippen molar-refractivity contribution in [3.05, 3.63) is 78.4 Å². The molecule has 0 aromatic heterocycles. The maximum Gasteiger partial charge on any atom is 0.241 e. The molecule has 0 radical (unpaired) electrons. The molecule has 124 valence electrons. The minimum absolute atomic E-state index is 0.0996. The molecule has 0 bridgehead atoms. The number of fused-ring (bicyclic) bond motifs is 1. The molecule has 1 atom stereocenters. The quantitative estimate of drug-likeness (QED) is 0.723. The second-order valence-electron chi connectivity index (χ2n) is 5.57. The average Bonchev–Trinajstić information content (AvgIpc) is 2.61. The third-order valence-electron chi connectivity index (χ3n) is 3.96. The lowest BCUT2D eigenvalue weighted by Crippen LogP contribution is -2.29. The van der Waals surface area contributed by atoms with E-state index in [9.17, 15) is 13.5 Å². The molecular formula is C19H19NO3S. The van der Waals surface area contributed by atoms with E-state index in [2.05, 4.69) is 4.72 Å². The molecule has 0 fully saturated rings. The molecule has 3 rings (SSSR count). The maximum absolute atomic E-state index is 12.9. The summed E-state index contributed by atoms with van der Waals surface area (Å²) < 4.78 is 28.6. The van der Waals surface area contributed by atoms with Crippen molar-refractivity contribution >= 4 is 20.8 Å². The zero-order valence-corrected chi connectivity index (χ0v) is 13.9. The molecule has 24 heavy (non-hydrogen) atoms. The van der Waals surface area contributed by atoms with E-state index in [1.807, 2.05) is 54.6 Å². The first-order valence-corrected chi connectivity index (χ1v) is 9.26. The zero-order valence-electron chi connectivity index (χ0n) is 13.1. The van der Waals surface area contributed by atoms with Gasteiger partial charge in [-0.25, -0.2) is 13.1 Å². The molecular weight excluding hydrogens is 322 g/mol. The molecule has 0 amide bonds. The normalized spacial score (nSPS) is 13.0. The van der Waals surface area contributed by atoms with Gasteiger partial charge in [0.2, 0.25) is 10.0 Å². The van der Waals surface area contributed by atoms with E-state index in [0.717, 1.165) is 10.9 Å². The predicted octanol–water partition coefficient (Wildman–Crippen LogP) is 3.24. The smallest absolute Gasteiger partial charge is 0.241 e. The molecule has 0 unspecified atom stereocenters. The summed E-state index contributed by atoms with van der Waals surface area (Å²) in [6.07, 6.45) is 0.314. The summed E-state index contributed by atoms with van der Waals surface area (Å²) in [5, 5.41) is 10.9. The van der Waals surface area contributed by atoms with Crippen molar-refractivity contribution < 1.29 is 13.5 Å². The van der Waals surface area contributed by atoms with E-state index in [1.54, 1.807) is 18.2 Å². The number of aliphatic hydroxyl groups excluding tert-OH is 1. The third-order valence-corrected chi connectivity index (χ3v) is 5.49. The summed E-state index contributed by atoms with van der Waals surface area (Å²) >= 11 is 0. The molecule has 0 saturated heterocycles. The Morgan fingerprint density at radius 3 is 2.29 bits per heavy atom. The number of sulfonamides is 1. The molecule has 3 aromatic rings. The lowest BCUT2D eigenvalue weighted by molar-refractivity contribution is 0.272. The van der Waals surface area contributed by atoms with Crippen LogP contribution < -0.4 is 4.72 Å². The number of rotatable bonds is 6. The van der Waals surface area contributed by atoms with Crippen molar-refractivity contribution in [2.45, 2.75) is 17.4 Å². The number of hydrogen-bond donors (Lipinski definition) is 2. The Bertz CT molecular complexity index is 918. The minimum Gasteiger partial charge on any atom is -0.396 e. The summed E-state index contributed by atoms with van der Waals surface area (Å²) in [7, 11) is -3.72. The topological polar surface area (TPSA) is 66.4 Å². The second-order valence-corrected chi connectivity index (χ2v) is 7.26. The van der Waals surface area contributed by atoms with E-state index in [4.69, 9.17) is 0 Å². The predicted molar refractivity (Wildman–Crippen MR) is 95.2 cm³/mol. The van der Waals surface area contributed by atoms with Crippen LogP contribution in [0.25, 0.3) is 10.8 Å². The van der Waals surface area contributed by atoms with Crippen LogP contribution in [-0.4, -0.2) is 20.1 Å². The Labute approximate surface area is 141 Å². The van der Waals surface area contributed by atoms with Gasteiger partial charge in [0, 0.05) is 18.0 Å². The Balaban J connectivity index is 2.00. The first-order valence-electron chi connectivity index (χ1n) is 7.78. The SMILES string of the molecule is O=S(=O)(N[C@H](CCO)c1ccccc1)c1cccc2ccccc12. The van der Waals surface area contributed by atoms with Crippen molar-refractivity contribution in [2.75, 3.05) is 6.61 Å². The average molecular weight is 341 g/mol. The van der Waals surface area contributed by atoms with Crippen molar-refractivity contribution in [1.82, 2.24) is 4.72 Å². The van der Waals surface area contributed by atoms with Crippen LogP contribution in [0.2, 0.25) is 0 Å². The van der Waals surface area contributed by atoms with Crippen molar-refractivity contribution in [3.63, 3.8) is 0 Å². The fourth-order valence-corrected chi connectivity index (χ4v) is 4.28. The fourth-order valence-electron chi connectivity index (χ4n) is 2.79. The molecule has 0 aliphatic heterocycles. The molecule has 0 saturated carbocycles. The van der Waals surface area contributed by atoms with Crippen LogP contribution in [0.3, 0.4) is 0 Å². The molecule has 0 aliphatic carbocycles. The van der Waals surface area contributed by atoms with Gasteiger partial charge in [-0.15, -0.1) is 0 Å². The standard InChI is InChI=1S/C19H19NO3S/c21-14-13-18(16-8-2-1-3-9-16)20-24(22,23)19-12-6-10-15-7-4-5-11-17(15)19/h1-12,18,20-21H,13-14H2/t18-/m1/s1. The summed E-state index contributed by atoms with van der Waals surface area (Å²) in [4.78, 5) is 0.250. The highest BCUT2D eigenvalue weighted by molar-refractivity contribution is 7.89. The summed E-state index contributed by atoms with van der Waals surface area (Å²) in [5.74, 6) is 0. The van der Waals surface area contributed by atoms with Gasteiger partial charge in [-0.1, -0.05) is 66.7 Å². The highest BCUT2D eigenvalue weighted by Gasteiger charge is 2.22. The Hall–Kier alpha value is -2.21. The number of aliphatic hydroxyl groups is 1. The van der Waals surface area contributed by atoms with Crippen LogP contribution in [0.15, 0.2) is 77.7 Å². The molecule has 4 nitrogen and oxygen atoms in total. The van der Waals surface area contributed by atoms with Gasteiger partial charge in [-0.05, 0) is 23.4 Å². The Morgan fingerprint density at radius 2 is 1.54 bits per heavy atom. The summed E-state index contributed by atoms with van der Waals surface area (Å²) in [5.41, 5.74) is 0.829. The molecule has 0 spiro atoms. The van der Waals surface area contributed by atoms with E-state index in [0.29, 0.717) is 11.8 Å². The first-order chi connectivity index (χ1) is 11.6. The maximum atomic E-state index is 12.9. The van der Waals surface area contributed by atoms with Crippen LogP contribution in [0.1, 0.15) is 18.0 Å². The molecule has 5 heteroatoms. The van der Waals surface area contributed by atoms with Gasteiger partial charge in [0.25, 0.3) is 0 Å². The van der Waals surface area contributed by atoms with E-state index in [1.165, 1.54) is 0 Å². The van der Waals surface area contributed by atoms with Crippen LogP contribution in [-0.2, 0) is 10.0 Å². The second kappa shape index (κ2) is 7.13. The van der Waals surface area contributed by atoms with Gasteiger partial charge in [0.05, 0.1) is 4.90 Å². The lowest BCUT2D eigenvalue weighted by Gasteiger charge is -2.19. The van der Waals surface area contributed by atoms with Crippen LogP contribution in [0.4, 0.5) is 0 Å². The van der Waals surface area contributed by atoms with Crippen molar-refractivity contribution in [2.24, 2.45) is 0 Å². The monoisotopic (exact) mass is 341 g/mol. The molecule has 0 aliphatic rings. The lowest BCUT2D eigenvalue weighted by atomic mass is 10.1. The Kier molecular flexibility index (Phi) is 4.94. The minimum atomic E-state index is -3.72. The van der Waals surface area contributed by atoms with E-state index >= 15 is 0 Å². The van der Waals surface area contributed by atoms with Crippen molar-refractivity contribution in [3.8, 4) is 0 Å². The molecule has 2 N–H and O–H groups in total. The van der Waals surface area contributed by atoms with Crippen LogP contribution in [0.5, 0.6) is 0 Å². The van der Waals surface area contributed by atoms with Gasteiger partial charge >= 0.3 is 0 Å². The largest absolute Gasteiger partial charge is 0.396 e. The van der Waals surface area contributed by atoms with Gasteiger partial charge in [-0.3, -0.25) is 0 Å². The first kappa shape index (κ1) is 16.6. The molecule has 0 heterocycles. The molecule has 3 aromatic carbocycles. The summed E-state index contributed by atoms with van der Waals surface area (Å²) in [6, 6.07) is 21.4. The third kappa shape index (κ3) is 3.48. The zero-order chi connectivity index (χ0) is 17.0. The van der Waals surface area contributed by atoms with Gasteiger partial charge in [-0.2, -0.15) is 0 Å². The highest BCUT2D eigenvalue weighted by Crippen LogP contribution is 2.25. The Morgan fingerprint density at radius 1 is 0.875 bits per heavy atom. The summed E-state index contributed by atoms with van der Waals surface area (Å²) in [6.45, 7) is -0.0996. The van der Waals surface area contributed by atoms with Gasteiger partial charge < -0.3 is 5.11 Å². The number of hydrogen-bond acceptors (Lipinski definition) is 3. The van der Waals surface area contributed by atoms with Crippen LogP contribution in [0, 0.1) is 0 Å². The van der Waals surface area contributed by atoms with Gasteiger partial charge in [0.1, 0.15) is 0 Å².